The van der Waals surface area contributed by atoms with Gasteiger partial charge in [0.2, 0.25) is 0 Å². The number of phenols is 1. The summed E-state index contributed by atoms with van der Waals surface area (Å²) >= 11 is 0. The fourth-order valence-corrected chi connectivity index (χ4v) is 1.33. The molecule has 0 spiro atoms. The maximum Gasteiger partial charge on any atom is 0.294 e. The Balaban J connectivity index is 3.26. The van der Waals surface area contributed by atoms with E-state index in [0.29, 0.717) is 0 Å². The number of rotatable bonds is 2. The molecule has 0 heterocycles. The van der Waals surface area contributed by atoms with E-state index >= 15 is 0 Å². The fourth-order valence-electron chi connectivity index (χ4n) is 0.830. The molecule has 6 heteroatoms. The average molecular weight is 204 g/mol. The Labute approximate surface area is 75.3 Å². The van der Waals surface area contributed by atoms with Crippen LogP contribution in [0.1, 0.15) is 0 Å². The Bertz CT molecular complexity index is 409. The first kappa shape index (κ1) is 9.82. The van der Waals surface area contributed by atoms with Gasteiger partial charge in [0.25, 0.3) is 10.1 Å². The van der Waals surface area contributed by atoms with Crippen LogP contribution >= 0.6 is 0 Å². The second kappa shape index (κ2) is 3.23. The Morgan fingerprint density at radius 3 is 2.38 bits per heavy atom. The lowest BCUT2D eigenvalue weighted by Crippen LogP contribution is -1.97. The molecule has 72 valence electrons. The predicted molar refractivity (Wildman–Crippen MR) is 44.5 cm³/mol. The van der Waals surface area contributed by atoms with Crippen LogP contribution in [0.25, 0.3) is 0 Å². The van der Waals surface area contributed by atoms with Gasteiger partial charge >= 0.3 is 0 Å². The zero-order valence-corrected chi connectivity index (χ0v) is 7.58. The van der Waals surface area contributed by atoms with Gasteiger partial charge < -0.3 is 9.84 Å². The van der Waals surface area contributed by atoms with Crippen molar-refractivity contribution in [3.63, 3.8) is 0 Å². The summed E-state index contributed by atoms with van der Waals surface area (Å²) in [6, 6.07) is 3.29. The summed E-state index contributed by atoms with van der Waals surface area (Å²) in [6.45, 7) is 0. The van der Waals surface area contributed by atoms with Crippen LogP contribution in [0, 0.1) is 0 Å². The highest BCUT2D eigenvalue weighted by Crippen LogP contribution is 2.27. The molecule has 2 N–H and O–H groups in total. The minimum Gasteiger partial charge on any atom is -0.504 e. The summed E-state index contributed by atoms with van der Waals surface area (Å²) in [5, 5.41) is 9.15. The molecule has 0 unspecified atom stereocenters. The van der Waals surface area contributed by atoms with E-state index in [9.17, 15) is 8.42 Å². The molecule has 0 aromatic heterocycles. The first-order valence-corrected chi connectivity index (χ1v) is 4.73. The molecule has 0 aliphatic heterocycles. The standard InChI is InChI=1S/C7H8O5S/c1-12-7-3-2-5(4-6(7)8)13(9,10)11/h2-4,8H,1H3,(H,9,10,11). The summed E-state index contributed by atoms with van der Waals surface area (Å²) in [7, 11) is -2.93. The van der Waals surface area contributed by atoms with Crippen molar-refractivity contribution in [2.45, 2.75) is 4.90 Å². The van der Waals surface area contributed by atoms with Gasteiger partial charge in [-0.15, -0.1) is 0 Å². The molecule has 0 bridgehead atoms. The van der Waals surface area contributed by atoms with Crippen molar-refractivity contribution in [1.29, 1.82) is 0 Å². The molecule has 0 radical (unpaired) electrons. The summed E-state index contributed by atoms with van der Waals surface area (Å²) < 4.78 is 34.5. The maximum absolute atomic E-state index is 10.6. The number of phenolic OH excluding ortho intramolecular Hbond substituents is 1. The van der Waals surface area contributed by atoms with Crippen LogP contribution in [0.15, 0.2) is 23.1 Å². The van der Waals surface area contributed by atoms with Crippen LogP contribution in [0.4, 0.5) is 0 Å². The molecule has 0 saturated heterocycles. The first-order valence-electron chi connectivity index (χ1n) is 3.29. The van der Waals surface area contributed by atoms with E-state index in [4.69, 9.17) is 9.66 Å². The van der Waals surface area contributed by atoms with Crippen molar-refractivity contribution in [3.05, 3.63) is 18.2 Å². The molecule has 1 aromatic rings. The molecule has 0 amide bonds. The molecule has 1 aromatic carbocycles. The molecule has 0 aliphatic carbocycles. The van der Waals surface area contributed by atoms with Crippen LogP contribution in [-0.2, 0) is 10.1 Å². The van der Waals surface area contributed by atoms with Gasteiger partial charge in [-0.1, -0.05) is 0 Å². The van der Waals surface area contributed by atoms with Crippen molar-refractivity contribution in [1.82, 2.24) is 0 Å². The molecule has 5 nitrogen and oxygen atoms in total. The monoisotopic (exact) mass is 204 g/mol. The third kappa shape index (κ3) is 2.10. The number of hydrogen-bond donors (Lipinski definition) is 2. The van der Waals surface area contributed by atoms with Crippen LogP contribution in [-0.4, -0.2) is 25.2 Å². The number of ether oxygens (including phenoxy) is 1. The second-order valence-corrected chi connectivity index (χ2v) is 3.73. The van der Waals surface area contributed by atoms with E-state index in [2.05, 4.69) is 4.74 Å². The highest BCUT2D eigenvalue weighted by molar-refractivity contribution is 7.85. The summed E-state index contributed by atoms with van der Waals surface area (Å²) in [6.07, 6.45) is 0. The largest absolute Gasteiger partial charge is 0.504 e. The van der Waals surface area contributed by atoms with Gasteiger partial charge in [-0.2, -0.15) is 8.42 Å². The summed E-state index contributed by atoms with van der Waals surface area (Å²) in [4.78, 5) is -0.370. The number of aromatic hydroxyl groups is 1. The normalized spacial score (nSPS) is 11.2. The lowest BCUT2D eigenvalue weighted by Gasteiger charge is -2.03. The van der Waals surface area contributed by atoms with Crippen molar-refractivity contribution < 1.29 is 22.8 Å². The fraction of sp³-hybridized carbons (Fsp3) is 0.143. The van der Waals surface area contributed by atoms with Crippen molar-refractivity contribution in [3.8, 4) is 11.5 Å². The highest BCUT2D eigenvalue weighted by atomic mass is 32.2. The summed E-state index contributed by atoms with van der Waals surface area (Å²) in [5.41, 5.74) is 0. The first-order chi connectivity index (χ1) is 5.95. The number of methoxy groups -OCH3 is 1. The minimum absolute atomic E-state index is 0.146. The molecule has 0 fully saturated rings. The third-order valence-corrected chi connectivity index (χ3v) is 2.30. The summed E-state index contributed by atoms with van der Waals surface area (Å²) in [5.74, 6) is -0.190. The molecule has 0 saturated carbocycles. The van der Waals surface area contributed by atoms with Crippen molar-refractivity contribution in [2.24, 2.45) is 0 Å². The Hall–Kier alpha value is -1.27. The lowest BCUT2D eigenvalue weighted by molar-refractivity contribution is 0.372. The smallest absolute Gasteiger partial charge is 0.294 e. The van der Waals surface area contributed by atoms with Gasteiger partial charge in [0.1, 0.15) is 0 Å². The average Bonchev–Trinajstić information content (AvgIpc) is 2.02. The van der Waals surface area contributed by atoms with Gasteiger partial charge in [0.05, 0.1) is 12.0 Å². The van der Waals surface area contributed by atoms with Crippen LogP contribution in [0.2, 0.25) is 0 Å². The Kier molecular flexibility index (Phi) is 2.44. The van der Waals surface area contributed by atoms with Gasteiger partial charge in [-0.05, 0) is 12.1 Å². The van der Waals surface area contributed by atoms with Crippen LogP contribution in [0.3, 0.4) is 0 Å². The van der Waals surface area contributed by atoms with Gasteiger partial charge in [0.15, 0.2) is 11.5 Å². The second-order valence-electron chi connectivity index (χ2n) is 2.31. The van der Waals surface area contributed by atoms with E-state index < -0.39 is 10.1 Å². The van der Waals surface area contributed by atoms with E-state index in [-0.39, 0.29) is 16.4 Å². The Morgan fingerprint density at radius 1 is 1.38 bits per heavy atom. The van der Waals surface area contributed by atoms with Crippen LogP contribution < -0.4 is 4.74 Å². The number of hydrogen-bond acceptors (Lipinski definition) is 4. The molecule has 1 rings (SSSR count). The Morgan fingerprint density at radius 2 is 2.00 bits per heavy atom. The SMILES string of the molecule is COc1ccc(S(=O)(=O)O)cc1O. The lowest BCUT2D eigenvalue weighted by atomic mass is 10.3. The quantitative estimate of drug-likeness (QED) is 0.691. The highest BCUT2D eigenvalue weighted by Gasteiger charge is 2.12. The maximum atomic E-state index is 10.6. The van der Waals surface area contributed by atoms with Crippen LogP contribution in [0.5, 0.6) is 11.5 Å². The van der Waals surface area contributed by atoms with E-state index in [1.165, 1.54) is 13.2 Å². The third-order valence-electron chi connectivity index (χ3n) is 1.45. The molecule has 0 aliphatic rings. The molecule has 13 heavy (non-hydrogen) atoms. The number of benzene rings is 1. The van der Waals surface area contributed by atoms with Gasteiger partial charge in [-0.3, -0.25) is 4.55 Å². The zero-order valence-electron chi connectivity index (χ0n) is 6.76. The van der Waals surface area contributed by atoms with Gasteiger partial charge in [-0.25, -0.2) is 0 Å². The predicted octanol–water partition coefficient (Wildman–Crippen LogP) is 0.647. The van der Waals surface area contributed by atoms with E-state index in [0.717, 1.165) is 12.1 Å². The van der Waals surface area contributed by atoms with E-state index in [1.54, 1.807) is 0 Å². The minimum atomic E-state index is -4.27. The van der Waals surface area contributed by atoms with Crippen molar-refractivity contribution in [2.75, 3.05) is 7.11 Å². The zero-order chi connectivity index (χ0) is 10.1. The van der Waals surface area contributed by atoms with E-state index in [1.807, 2.05) is 0 Å². The van der Waals surface area contributed by atoms with Gasteiger partial charge in [0, 0.05) is 6.07 Å². The molecular weight excluding hydrogens is 196 g/mol. The topological polar surface area (TPSA) is 83.8 Å². The van der Waals surface area contributed by atoms with Crippen molar-refractivity contribution >= 4 is 10.1 Å². The molecule has 0 atom stereocenters. The molecular formula is C7H8O5S.